The Balaban J connectivity index is 1.99. The highest BCUT2D eigenvalue weighted by Gasteiger charge is 2.30. The lowest BCUT2D eigenvalue weighted by Crippen LogP contribution is -2.19. The van der Waals surface area contributed by atoms with Crippen molar-refractivity contribution in [3.8, 4) is 0 Å². The minimum absolute atomic E-state index is 0.0511. The van der Waals surface area contributed by atoms with Crippen LogP contribution in [0.1, 0.15) is 24.0 Å². The van der Waals surface area contributed by atoms with Crippen molar-refractivity contribution in [2.24, 2.45) is 0 Å². The molecule has 0 amide bonds. The number of nitrogens with zero attached hydrogens (tertiary/aromatic N) is 1. The Labute approximate surface area is 144 Å². The Bertz CT molecular complexity index is 804. The molecule has 1 heterocycles. The van der Waals surface area contributed by atoms with E-state index in [4.69, 9.17) is 0 Å². The van der Waals surface area contributed by atoms with Crippen molar-refractivity contribution >= 4 is 15.8 Å². The second kappa shape index (κ2) is 7.40. The summed E-state index contributed by atoms with van der Waals surface area (Å²) in [7, 11) is -2.22. The van der Waals surface area contributed by atoms with Gasteiger partial charge in [-0.15, -0.1) is 0 Å². The fourth-order valence-corrected chi connectivity index (χ4v) is 2.81. The molecule has 1 atom stereocenters. The molecule has 1 aromatic heterocycles. The van der Waals surface area contributed by atoms with Crippen molar-refractivity contribution in [2.75, 3.05) is 18.9 Å². The Morgan fingerprint density at radius 3 is 2.24 bits per heavy atom. The first-order chi connectivity index (χ1) is 11.6. The van der Waals surface area contributed by atoms with Crippen LogP contribution in [0.15, 0.2) is 47.5 Å². The number of hydrogen-bond donors (Lipinski definition) is 2. The van der Waals surface area contributed by atoms with Gasteiger partial charge in [-0.25, -0.2) is 18.1 Å². The highest BCUT2D eigenvalue weighted by atomic mass is 32.2. The molecule has 9 heteroatoms. The predicted molar refractivity (Wildman–Crippen MR) is 88.8 cm³/mol. The molecule has 25 heavy (non-hydrogen) atoms. The van der Waals surface area contributed by atoms with E-state index in [2.05, 4.69) is 15.0 Å². The van der Waals surface area contributed by atoms with Gasteiger partial charge < -0.3 is 5.32 Å². The number of sulfonamides is 1. The van der Waals surface area contributed by atoms with E-state index in [1.165, 1.54) is 37.5 Å². The fourth-order valence-electron chi connectivity index (χ4n) is 2.14. The Kier molecular flexibility index (Phi) is 5.69. The highest BCUT2D eigenvalue weighted by molar-refractivity contribution is 7.89. The van der Waals surface area contributed by atoms with Crippen LogP contribution in [-0.2, 0) is 16.2 Å². The SMILES string of the molecule is CNS(=O)(=O)c1ccc(NCC(C)c2ccc(C(F)(F)F)cc2)nc1. The third kappa shape index (κ3) is 4.93. The molecule has 0 aliphatic carbocycles. The van der Waals surface area contributed by atoms with E-state index < -0.39 is 21.8 Å². The maximum Gasteiger partial charge on any atom is 0.416 e. The maximum atomic E-state index is 12.6. The van der Waals surface area contributed by atoms with Gasteiger partial charge in [0.2, 0.25) is 10.0 Å². The third-order valence-electron chi connectivity index (χ3n) is 3.71. The zero-order valence-corrected chi connectivity index (χ0v) is 14.4. The van der Waals surface area contributed by atoms with Gasteiger partial charge in [-0.3, -0.25) is 0 Å². The first kappa shape index (κ1) is 19.2. The fraction of sp³-hybridized carbons (Fsp3) is 0.312. The summed E-state index contributed by atoms with van der Waals surface area (Å²) in [6, 6.07) is 7.97. The second-order valence-electron chi connectivity index (χ2n) is 5.49. The Morgan fingerprint density at radius 2 is 1.76 bits per heavy atom. The van der Waals surface area contributed by atoms with Gasteiger partial charge >= 0.3 is 6.18 Å². The van der Waals surface area contributed by atoms with Crippen molar-refractivity contribution in [1.82, 2.24) is 9.71 Å². The van der Waals surface area contributed by atoms with Gasteiger partial charge in [0, 0.05) is 12.7 Å². The number of alkyl halides is 3. The van der Waals surface area contributed by atoms with Gasteiger partial charge in [0.1, 0.15) is 10.7 Å². The molecule has 1 unspecified atom stereocenters. The number of anilines is 1. The molecule has 0 aliphatic rings. The van der Waals surface area contributed by atoms with Crippen LogP contribution >= 0.6 is 0 Å². The van der Waals surface area contributed by atoms with Gasteiger partial charge in [-0.1, -0.05) is 19.1 Å². The summed E-state index contributed by atoms with van der Waals surface area (Å²) in [6.45, 7) is 2.31. The predicted octanol–water partition coefficient (Wildman–Crippen LogP) is 3.22. The molecule has 0 saturated carbocycles. The van der Waals surface area contributed by atoms with Crippen LogP contribution in [0.25, 0.3) is 0 Å². The quantitative estimate of drug-likeness (QED) is 0.816. The summed E-state index contributed by atoms with van der Waals surface area (Å²) >= 11 is 0. The molecule has 0 saturated heterocycles. The highest BCUT2D eigenvalue weighted by Crippen LogP contribution is 2.30. The van der Waals surface area contributed by atoms with Crippen LogP contribution in [0.2, 0.25) is 0 Å². The number of hydrogen-bond acceptors (Lipinski definition) is 4. The number of nitrogens with one attached hydrogen (secondary N) is 2. The Hall–Kier alpha value is -2.13. The number of aromatic nitrogens is 1. The van der Waals surface area contributed by atoms with Crippen LogP contribution in [0, 0.1) is 0 Å². The molecular formula is C16H18F3N3O2S. The molecule has 0 radical (unpaired) electrons. The van der Waals surface area contributed by atoms with Crippen LogP contribution in [0.3, 0.4) is 0 Å². The molecule has 0 spiro atoms. The van der Waals surface area contributed by atoms with Crippen molar-refractivity contribution < 1.29 is 21.6 Å². The van der Waals surface area contributed by atoms with Crippen molar-refractivity contribution in [3.05, 3.63) is 53.7 Å². The smallest absolute Gasteiger partial charge is 0.369 e. The van der Waals surface area contributed by atoms with Crippen LogP contribution in [0.5, 0.6) is 0 Å². The maximum absolute atomic E-state index is 12.6. The van der Waals surface area contributed by atoms with E-state index in [1.54, 1.807) is 0 Å². The van der Waals surface area contributed by atoms with Gasteiger partial charge in [0.05, 0.1) is 5.56 Å². The summed E-state index contributed by atoms with van der Waals surface area (Å²) < 4.78 is 63.1. The van der Waals surface area contributed by atoms with Gasteiger partial charge in [-0.05, 0) is 42.8 Å². The molecule has 0 aliphatic heterocycles. The zero-order valence-electron chi connectivity index (χ0n) is 13.6. The van der Waals surface area contributed by atoms with Crippen molar-refractivity contribution in [2.45, 2.75) is 23.9 Å². The summed E-state index contributed by atoms with van der Waals surface area (Å²) in [4.78, 5) is 4.08. The van der Waals surface area contributed by atoms with Crippen molar-refractivity contribution in [3.63, 3.8) is 0 Å². The first-order valence-electron chi connectivity index (χ1n) is 7.44. The van der Waals surface area contributed by atoms with E-state index in [0.29, 0.717) is 12.4 Å². The van der Waals surface area contributed by atoms with E-state index in [9.17, 15) is 21.6 Å². The number of halogens is 3. The number of pyridine rings is 1. The topological polar surface area (TPSA) is 71.1 Å². The number of rotatable bonds is 6. The van der Waals surface area contributed by atoms with E-state index in [0.717, 1.165) is 17.7 Å². The molecule has 2 N–H and O–H groups in total. The summed E-state index contributed by atoms with van der Waals surface area (Å²) in [5.41, 5.74) is 0.0780. The Morgan fingerprint density at radius 1 is 1.12 bits per heavy atom. The number of benzene rings is 1. The molecule has 0 bridgehead atoms. The summed E-state index contributed by atoms with van der Waals surface area (Å²) in [5, 5.41) is 3.04. The molecule has 1 aromatic carbocycles. The lowest BCUT2D eigenvalue weighted by Gasteiger charge is -2.15. The molecule has 2 aromatic rings. The van der Waals surface area contributed by atoms with Crippen molar-refractivity contribution in [1.29, 1.82) is 0 Å². The minimum atomic E-state index is -4.35. The molecule has 136 valence electrons. The molecular weight excluding hydrogens is 355 g/mol. The van der Waals surface area contributed by atoms with E-state index >= 15 is 0 Å². The van der Waals surface area contributed by atoms with Crippen LogP contribution in [0.4, 0.5) is 19.0 Å². The second-order valence-corrected chi connectivity index (χ2v) is 7.37. The molecule has 2 rings (SSSR count). The minimum Gasteiger partial charge on any atom is -0.369 e. The normalized spacial score (nSPS) is 13.5. The van der Waals surface area contributed by atoms with Gasteiger partial charge in [-0.2, -0.15) is 13.2 Å². The molecule has 5 nitrogen and oxygen atoms in total. The van der Waals surface area contributed by atoms with E-state index in [-0.39, 0.29) is 10.8 Å². The standard InChI is InChI=1S/C16H18F3N3O2S/c1-11(12-3-5-13(6-4-12)16(17,18)19)9-21-15-8-7-14(10-22-15)25(23,24)20-2/h3-8,10-11,20H,9H2,1-2H3,(H,21,22). The zero-order chi connectivity index (χ0) is 18.7. The third-order valence-corrected chi connectivity index (χ3v) is 5.11. The average molecular weight is 373 g/mol. The van der Waals surface area contributed by atoms with Crippen LogP contribution in [-0.4, -0.2) is 27.0 Å². The van der Waals surface area contributed by atoms with Crippen LogP contribution < -0.4 is 10.0 Å². The van der Waals surface area contributed by atoms with Gasteiger partial charge in [0.25, 0.3) is 0 Å². The molecule has 0 fully saturated rings. The summed E-state index contributed by atoms with van der Waals surface area (Å²) in [6.07, 6.45) is -3.11. The largest absolute Gasteiger partial charge is 0.416 e. The average Bonchev–Trinajstić information content (AvgIpc) is 2.59. The first-order valence-corrected chi connectivity index (χ1v) is 8.92. The van der Waals surface area contributed by atoms with Gasteiger partial charge in [0.15, 0.2) is 0 Å². The lowest BCUT2D eigenvalue weighted by atomic mass is 9.99. The monoisotopic (exact) mass is 373 g/mol. The van der Waals surface area contributed by atoms with E-state index in [1.807, 2.05) is 6.92 Å². The summed E-state index contributed by atoms with van der Waals surface area (Å²) in [5.74, 6) is 0.429. The lowest BCUT2D eigenvalue weighted by molar-refractivity contribution is -0.137.